The summed E-state index contributed by atoms with van der Waals surface area (Å²) in [5.74, 6) is 0.362. The van der Waals surface area contributed by atoms with Gasteiger partial charge < -0.3 is 15.5 Å². The van der Waals surface area contributed by atoms with Crippen LogP contribution in [0.3, 0.4) is 0 Å². The van der Waals surface area contributed by atoms with Gasteiger partial charge in [-0.2, -0.15) is 0 Å². The lowest BCUT2D eigenvalue weighted by Gasteiger charge is -2.24. The number of nitrogens with zero attached hydrogens (tertiary/aromatic N) is 2. The number of halogens is 2. The number of benzene rings is 1. The van der Waals surface area contributed by atoms with E-state index in [4.69, 9.17) is 5.73 Å². The van der Waals surface area contributed by atoms with Crippen molar-refractivity contribution in [1.82, 2.24) is 4.90 Å². The van der Waals surface area contributed by atoms with Gasteiger partial charge in [0.05, 0.1) is 15.8 Å². The second-order valence-corrected chi connectivity index (χ2v) is 5.98. The molecule has 1 heterocycles. The van der Waals surface area contributed by atoms with E-state index in [0.29, 0.717) is 16.1 Å². The van der Waals surface area contributed by atoms with E-state index >= 15 is 0 Å². The molecule has 1 fully saturated rings. The monoisotopic (exact) mass is 315 g/mol. The van der Waals surface area contributed by atoms with Crippen molar-refractivity contribution in [2.45, 2.75) is 6.42 Å². The fourth-order valence-corrected chi connectivity index (χ4v) is 2.90. The van der Waals surface area contributed by atoms with Crippen LogP contribution in [0.2, 0.25) is 0 Å². The summed E-state index contributed by atoms with van der Waals surface area (Å²) in [6.45, 7) is 3.15. The number of likely N-dealkylation sites (tertiary alicyclic amines) is 1. The molecule has 1 aromatic rings. The summed E-state index contributed by atoms with van der Waals surface area (Å²) < 4.78 is 14.0. The van der Waals surface area contributed by atoms with Crippen molar-refractivity contribution in [2.75, 3.05) is 44.4 Å². The van der Waals surface area contributed by atoms with E-state index in [2.05, 4.69) is 32.8 Å². The van der Waals surface area contributed by atoms with Gasteiger partial charge in [-0.1, -0.05) is 0 Å². The SMILES string of the molecule is CN1CCC(CN(C)c2cc(F)c(Br)cc2N)C1. The molecule has 0 saturated carbocycles. The van der Waals surface area contributed by atoms with Gasteiger partial charge in [0.2, 0.25) is 0 Å². The van der Waals surface area contributed by atoms with Crippen LogP contribution < -0.4 is 10.6 Å². The van der Waals surface area contributed by atoms with Gasteiger partial charge in [-0.3, -0.25) is 0 Å². The Kier molecular flexibility index (Phi) is 4.12. The number of anilines is 2. The number of nitrogens with two attached hydrogens (primary N) is 1. The van der Waals surface area contributed by atoms with Gasteiger partial charge >= 0.3 is 0 Å². The van der Waals surface area contributed by atoms with Gasteiger partial charge in [-0.05, 0) is 47.9 Å². The van der Waals surface area contributed by atoms with Crippen LogP contribution >= 0.6 is 15.9 Å². The first-order valence-corrected chi connectivity index (χ1v) is 6.91. The first-order chi connectivity index (χ1) is 8.47. The molecule has 0 amide bonds. The van der Waals surface area contributed by atoms with Crippen molar-refractivity contribution < 1.29 is 4.39 Å². The normalized spacial score (nSPS) is 20.3. The highest BCUT2D eigenvalue weighted by Gasteiger charge is 2.21. The number of hydrogen-bond acceptors (Lipinski definition) is 3. The summed E-state index contributed by atoms with van der Waals surface area (Å²) in [5.41, 5.74) is 7.32. The van der Waals surface area contributed by atoms with Gasteiger partial charge in [-0.25, -0.2) is 4.39 Å². The molecule has 5 heteroatoms. The Bertz CT molecular complexity index is 438. The first-order valence-electron chi connectivity index (χ1n) is 6.11. The van der Waals surface area contributed by atoms with Crippen LogP contribution in [0, 0.1) is 11.7 Å². The Labute approximate surface area is 116 Å². The molecule has 0 aromatic heterocycles. The highest BCUT2D eigenvalue weighted by Crippen LogP contribution is 2.30. The minimum atomic E-state index is -0.269. The molecule has 1 saturated heterocycles. The van der Waals surface area contributed by atoms with Gasteiger partial charge in [0.25, 0.3) is 0 Å². The van der Waals surface area contributed by atoms with Crippen molar-refractivity contribution in [3.63, 3.8) is 0 Å². The topological polar surface area (TPSA) is 32.5 Å². The zero-order chi connectivity index (χ0) is 13.3. The molecule has 2 rings (SSSR count). The minimum absolute atomic E-state index is 0.269. The third-order valence-electron chi connectivity index (χ3n) is 3.50. The maximum absolute atomic E-state index is 13.6. The predicted octanol–water partition coefficient (Wildman–Crippen LogP) is 2.56. The molecule has 1 aromatic carbocycles. The Morgan fingerprint density at radius 1 is 1.56 bits per heavy atom. The van der Waals surface area contributed by atoms with E-state index in [0.717, 1.165) is 25.3 Å². The molecule has 1 aliphatic heterocycles. The van der Waals surface area contributed by atoms with Crippen molar-refractivity contribution in [2.24, 2.45) is 5.92 Å². The lowest BCUT2D eigenvalue weighted by atomic mass is 10.1. The third kappa shape index (κ3) is 2.95. The van der Waals surface area contributed by atoms with Crippen molar-refractivity contribution in [3.8, 4) is 0 Å². The van der Waals surface area contributed by atoms with Crippen LogP contribution in [0.1, 0.15) is 6.42 Å². The van der Waals surface area contributed by atoms with Gasteiger partial charge in [0, 0.05) is 26.2 Å². The number of rotatable bonds is 3. The van der Waals surface area contributed by atoms with E-state index in [1.165, 1.54) is 12.5 Å². The Morgan fingerprint density at radius 2 is 2.28 bits per heavy atom. The Morgan fingerprint density at radius 3 is 2.89 bits per heavy atom. The smallest absolute Gasteiger partial charge is 0.139 e. The molecule has 0 aliphatic carbocycles. The number of hydrogen-bond donors (Lipinski definition) is 1. The van der Waals surface area contributed by atoms with E-state index in [1.54, 1.807) is 6.07 Å². The molecule has 2 N–H and O–H groups in total. The van der Waals surface area contributed by atoms with Gasteiger partial charge in [-0.15, -0.1) is 0 Å². The average molecular weight is 316 g/mol. The standard InChI is InChI=1S/C13H19BrFN3/c1-17-4-3-9(7-17)8-18(2)13-6-11(15)10(14)5-12(13)16/h5-6,9H,3-4,7-8,16H2,1-2H3. The maximum atomic E-state index is 13.6. The van der Waals surface area contributed by atoms with Crippen LogP contribution in [-0.4, -0.2) is 38.6 Å². The summed E-state index contributed by atoms with van der Waals surface area (Å²) in [4.78, 5) is 4.37. The summed E-state index contributed by atoms with van der Waals surface area (Å²) in [6, 6.07) is 3.13. The summed E-state index contributed by atoms with van der Waals surface area (Å²) in [6.07, 6.45) is 1.19. The van der Waals surface area contributed by atoms with Crippen LogP contribution in [0.5, 0.6) is 0 Å². The van der Waals surface area contributed by atoms with Crippen LogP contribution in [0.4, 0.5) is 15.8 Å². The fraction of sp³-hybridized carbons (Fsp3) is 0.538. The molecular formula is C13H19BrFN3. The zero-order valence-corrected chi connectivity index (χ0v) is 12.4. The van der Waals surface area contributed by atoms with Gasteiger partial charge in [0.1, 0.15) is 5.82 Å². The molecule has 0 spiro atoms. The second-order valence-electron chi connectivity index (χ2n) is 5.12. The van der Waals surface area contributed by atoms with E-state index in [1.807, 2.05) is 7.05 Å². The molecular weight excluding hydrogens is 297 g/mol. The van der Waals surface area contributed by atoms with Crippen molar-refractivity contribution in [3.05, 3.63) is 22.4 Å². The minimum Gasteiger partial charge on any atom is -0.397 e. The molecule has 1 unspecified atom stereocenters. The number of nitrogen functional groups attached to an aromatic ring is 1. The quantitative estimate of drug-likeness (QED) is 0.870. The molecule has 0 bridgehead atoms. The lowest BCUT2D eigenvalue weighted by molar-refractivity contribution is 0.396. The van der Waals surface area contributed by atoms with Crippen molar-refractivity contribution >= 4 is 27.3 Å². The summed E-state index contributed by atoms with van der Waals surface area (Å²) >= 11 is 3.15. The van der Waals surface area contributed by atoms with Crippen LogP contribution in [0.15, 0.2) is 16.6 Å². The average Bonchev–Trinajstić information content (AvgIpc) is 2.69. The molecule has 1 atom stereocenters. The fourth-order valence-electron chi connectivity index (χ4n) is 2.54. The largest absolute Gasteiger partial charge is 0.397 e. The molecule has 3 nitrogen and oxygen atoms in total. The van der Waals surface area contributed by atoms with E-state index in [9.17, 15) is 4.39 Å². The Balaban J connectivity index is 2.09. The Hall–Kier alpha value is -0.810. The van der Waals surface area contributed by atoms with Crippen LogP contribution in [0.25, 0.3) is 0 Å². The molecule has 18 heavy (non-hydrogen) atoms. The van der Waals surface area contributed by atoms with Crippen molar-refractivity contribution in [1.29, 1.82) is 0 Å². The second kappa shape index (κ2) is 5.45. The third-order valence-corrected chi connectivity index (χ3v) is 4.11. The van der Waals surface area contributed by atoms with Gasteiger partial charge in [0.15, 0.2) is 0 Å². The first kappa shape index (κ1) is 13.6. The maximum Gasteiger partial charge on any atom is 0.139 e. The predicted molar refractivity (Wildman–Crippen MR) is 77.4 cm³/mol. The molecule has 0 radical (unpaired) electrons. The van der Waals surface area contributed by atoms with E-state index in [-0.39, 0.29) is 5.82 Å². The van der Waals surface area contributed by atoms with Crippen LogP contribution in [-0.2, 0) is 0 Å². The van der Waals surface area contributed by atoms with E-state index < -0.39 is 0 Å². The highest BCUT2D eigenvalue weighted by molar-refractivity contribution is 9.10. The molecule has 100 valence electrons. The zero-order valence-electron chi connectivity index (χ0n) is 10.8. The molecule has 1 aliphatic rings. The highest BCUT2D eigenvalue weighted by atomic mass is 79.9. The summed E-state index contributed by atoms with van der Waals surface area (Å²) in [5, 5.41) is 0. The lowest BCUT2D eigenvalue weighted by Crippen LogP contribution is -2.27. The summed E-state index contributed by atoms with van der Waals surface area (Å²) in [7, 11) is 4.10.